The number of hydrogen-bond acceptors (Lipinski definition) is 8. The van der Waals surface area contributed by atoms with Gasteiger partial charge in [0.1, 0.15) is 12.4 Å². The molecule has 3 aromatic rings. The van der Waals surface area contributed by atoms with Crippen molar-refractivity contribution in [2.24, 2.45) is 5.92 Å². The number of nitrogens with zero attached hydrogens (tertiary/aromatic N) is 2. The molecule has 9 nitrogen and oxygen atoms in total. The number of likely N-dealkylation sites (tertiary alicyclic amines) is 1. The summed E-state index contributed by atoms with van der Waals surface area (Å²) in [6.07, 6.45) is 2.73. The first-order chi connectivity index (χ1) is 19.0. The van der Waals surface area contributed by atoms with E-state index in [0.29, 0.717) is 55.9 Å². The van der Waals surface area contributed by atoms with Gasteiger partial charge in [-0.1, -0.05) is 30.3 Å². The van der Waals surface area contributed by atoms with Gasteiger partial charge in [0.05, 0.1) is 24.9 Å². The fourth-order valence-corrected chi connectivity index (χ4v) is 5.07. The van der Waals surface area contributed by atoms with Crippen molar-refractivity contribution in [3.63, 3.8) is 0 Å². The minimum Gasteiger partial charge on any atom is -0.490 e. The van der Waals surface area contributed by atoms with Gasteiger partial charge >= 0.3 is 0 Å². The number of ether oxygens (including phenoxy) is 3. The summed E-state index contributed by atoms with van der Waals surface area (Å²) in [5, 5.41) is 17.8. The highest BCUT2D eigenvalue weighted by molar-refractivity contribution is 5.98. The Bertz CT molecular complexity index is 1230. The van der Waals surface area contributed by atoms with Crippen LogP contribution in [-0.4, -0.2) is 66.6 Å². The van der Waals surface area contributed by atoms with Crippen molar-refractivity contribution < 1.29 is 28.6 Å². The highest BCUT2D eigenvalue weighted by atomic mass is 16.5. The molecule has 2 N–H and O–H groups in total. The summed E-state index contributed by atoms with van der Waals surface area (Å²) in [7, 11) is 0. The van der Waals surface area contributed by atoms with Gasteiger partial charge in [-0.2, -0.15) is 0 Å². The molecule has 208 valence electrons. The lowest BCUT2D eigenvalue weighted by atomic mass is 9.93. The molecule has 0 spiro atoms. The molecular weight excluding hydrogens is 498 g/mol. The number of hydrogen-bond donors (Lipinski definition) is 2. The molecule has 0 unspecified atom stereocenters. The zero-order chi connectivity index (χ0) is 27.0. The number of rotatable bonds is 10. The van der Waals surface area contributed by atoms with Crippen LogP contribution < -0.4 is 19.5 Å². The SMILES string of the molecule is Cc1cc2c(c(C(=O)NC[C@@H]3CCN(CCCc4cc(OCc5ccccc5)no4)C[C@H]3O)c1)OCCCO2. The van der Waals surface area contributed by atoms with Gasteiger partial charge in [0.15, 0.2) is 11.5 Å². The molecule has 9 heteroatoms. The number of aromatic nitrogens is 1. The average Bonchev–Trinajstić information content (AvgIpc) is 3.26. The predicted molar refractivity (Wildman–Crippen MR) is 145 cm³/mol. The normalized spacial score (nSPS) is 19.3. The topological polar surface area (TPSA) is 106 Å². The Balaban J connectivity index is 1.03. The third-order valence-corrected chi connectivity index (χ3v) is 7.23. The van der Waals surface area contributed by atoms with E-state index in [1.807, 2.05) is 55.5 Å². The lowest BCUT2D eigenvalue weighted by Crippen LogP contribution is -2.47. The zero-order valence-electron chi connectivity index (χ0n) is 22.4. The van der Waals surface area contributed by atoms with Crippen LogP contribution in [0.1, 0.15) is 46.5 Å². The second kappa shape index (κ2) is 13.0. The van der Waals surface area contributed by atoms with E-state index in [-0.39, 0.29) is 11.8 Å². The molecular formula is C30H37N3O6. The van der Waals surface area contributed by atoms with Gasteiger partial charge in [-0.25, -0.2) is 0 Å². The maximum atomic E-state index is 13.0. The van der Waals surface area contributed by atoms with Crippen LogP contribution in [0.25, 0.3) is 0 Å². The number of nitrogens with one attached hydrogen (secondary N) is 1. The molecule has 39 heavy (non-hydrogen) atoms. The summed E-state index contributed by atoms with van der Waals surface area (Å²) >= 11 is 0. The van der Waals surface area contributed by atoms with Gasteiger partial charge < -0.3 is 34.1 Å². The number of benzene rings is 2. The number of carbonyl (C=O) groups excluding carboxylic acids is 1. The van der Waals surface area contributed by atoms with E-state index in [9.17, 15) is 9.90 Å². The van der Waals surface area contributed by atoms with Crippen molar-refractivity contribution in [2.45, 2.75) is 45.3 Å². The molecule has 3 heterocycles. The van der Waals surface area contributed by atoms with Gasteiger partial charge in [0, 0.05) is 37.9 Å². The summed E-state index contributed by atoms with van der Waals surface area (Å²) < 4.78 is 22.7. The molecule has 0 aliphatic carbocycles. The molecule has 2 atom stereocenters. The molecule has 0 saturated carbocycles. The molecule has 2 aromatic carbocycles. The quantitative estimate of drug-likeness (QED) is 0.404. The first kappa shape index (κ1) is 27.0. The van der Waals surface area contributed by atoms with E-state index in [0.717, 1.165) is 55.7 Å². The maximum Gasteiger partial charge on any atom is 0.255 e. The Morgan fingerprint density at radius 1 is 1.18 bits per heavy atom. The van der Waals surface area contributed by atoms with Crippen molar-refractivity contribution >= 4 is 5.91 Å². The number of aliphatic hydroxyl groups excluding tert-OH is 1. The highest BCUT2D eigenvalue weighted by Gasteiger charge is 2.29. The fourth-order valence-electron chi connectivity index (χ4n) is 5.07. The number of aryl methyl sites for hydroxylation is 2. The van der Waals surface area contributed by atoms with E-state index in [1.165, 1.54) is 0 Å². The number of aliphatic hydroxyl groups is 1. The van der Waals surface area contributed by atoms with Crippen LogP contribution in [0, 0.1) is 12.8 Å². The van der Waals surface area contributed by atoms with Gasteiger partial charge in [0.2, 0.25) is 0 Å². The van der Waals surface area contributed by atoms with Crippen molar-refractivity contribution in [1.82, 2.24) is 15.4 Å². The summed E-state index contributed by atoms with van der Waals surface area (Å²) in [4.78, 5) is 15.3. The van der Waals surface area contributed by atoms with Gasteiger partial charge in [-0.15, -0.1) is 0 Å². The molecule has 1 aromatic heterocycles. The largest absolute Gasteiger partial charge is 0.490 e. The van der Waals surface area contributed by atoms with Gasteiger partial charge in [0.25, 0.3) is 11.8 Å². The van der Waals surface area contributed by atoms with Crippen LogP contribution >= 0.6 is 0 Å². The molecule has 0 radical (unpaired) electrons. The summed E-state index contributed by atoms with van der Waals surface area (Å²) in [5.74, 6) is 2.21. The fraction of sp³-hybridized carbons (Fsp3) is 0.467. The molecule has 2 aliphatic rings. The van der Waals surface area contributed by atoms with E-state index in [1.54, 1.807) is 0 Å². The van der Waals surface area contributed by atoms with Crippen LogP contribution in [0.2, 0.25) is 0 Å². The molecule has 1 saturated heterocycles. The predicted octanol–water partition coefficient (Wildman–Crippen LogP) is 3.77. The van der Waals surface area contributed by atoms with Crippen molar-refractivity contribution in [1.29, 1.82) is 0 Å². The summed E-state index contributed by atoms with van der Waals surface area (Å²) in [6, 6.07) is 15.5. The van der Waals surface area contributed by atoms with Crippen LogP contribution in [0.3, 0.4) is 0 Å². The van der Waals surface area contributed by atoms with Gasteiger partial charge in [-0.3, -0.25) is 4.79 Å². The molecule has 0 bridgehead atoms. The standard InChI is InChI=1S/C30H37N3O6/c1-21-15-25(29-27(16-21)36-13-6-14-37-29)30(35)31-18-23-10-12-33(19-26(23)34)11-5-9-24-17-28(32-39-24)38-20-22-7-3-2-4-8-22/h2-4,7-8,15-17,23,26,34H,5-6,9-14,18-20H2,1H3,(H,31,35)/t23-,26+/m0/s1. The Morgan fingerprint density at radius 3 is 2.87 bits per heavy atom. The van der Waals surface area contributed by atoms with Crippen LogP contribution in [0.4, 0.5) is 0 Å². The monoisotopic (exact) mass is 535 g/mol. The summed E-state index contributed by atoms with van der Waals surface area (Å²) in [5.41, 5.74) is 2.51. The smallest absolute Gasteiger partial charge is 0.255 e. The van der Waals surface area contributed by atoms with E-state index in [2.05, 4.69) is 15.4 Å². The number of fused-ring (bicyclic) bond motifs is 1. The molecule has 5 rings (SSSR count). The third kappa shape index (κ3) is 7.30. The number of carbonyl (C=O) groups is 1. The first-order valence-corrected chi connectivity index (χ1v) is 13.8. The minimum absolute atomic E-state index is 0.00405. The average molecular weight is 536 g/mol. The van der Waals surface area contributed by atoms with Gasteiger partial charge in [-0.05, 0) is 61.3 Å². The van der Waals surface area contributed by atoms with Crippen LogP contribution in [0.15, 0.2) is 53.1 Å². The molecule has 2 aliphatic heterocycles. The second-order valence-corrected chi connectivity index (χ2v) is 10.3. The Kier molecular flexibility index (Phi) is 9.00. The molecule has 1 amide bonds. The number of β-amino-alcohol motifs (C(OH)–C–C–N with tert-alkyl or cyclic N) is 1. The number of piperidine rings is 1. The Morgan fingerprint density at radius 2 is 2.03 bits per heavy atom. The first-order valence-electron chi connectivity index (χ1n) is 13.8. The Hall–Kier alpha value is -3.56. The molecule has 1 fully saturated rings. The van der Waals surface area contributed by atoms with E-state index in [4.69, 9.17) is 18.7 Å². The zero-order valence-corrected chi connectivity index (χ0v) is 22.4. The van der Waals surface area contributed by atoms with Crippen LogP contribution in [0.5, 0.6) is 17.4 Å². The third-order valence-electron chi connectivity index (χ3n) is 7.23. The van der Waals surface area contributed by atoms with Crippen LogP contribution in [-0.2, 0) is 13.0 Å². The van der Waals surface area contributed by atoms with Crippen molar-refractivity contribution in [3.8, 4) is 17.4 Å². The lowest BCUT2D eigenvalue weighted by molar-refractivity contribution is 0.0217. The van der Waals surface area contributed by atoms with E-state index < -0.39 is 6.10 Å². The minimum atomic E-state index is -0.503. The maximum absolute atomic E-state index is 13.0. The van der Waals surface area contributed by atoms with Crippen molar-refractivity contribution in [3.05, 3.63) is 71.0 Å². The Labute approximate surface area is 229 Å². The highest BCUT2D eigenvalue weighted by Crippen LogP contribution is 2.35. The van der Waals surface area contributed by atoms with Crippen molar-refractivity contribution in [2.75, 3.05) is 39.4 Å². The second-order valence-electron chi connectivity index (χ2n) is 10.3. The number of amides is 1. The van der Waals surface area contributed by atoms with E-state index >= 15 is 0 Å². The summed E-state index contributed by atoms with van der Waals surface area (Å²) in [6.45, 7) is 6.21. The lowest BCUT2D eigenvalue weighted by Gasteiger charge is -2.36.